The molecule has 1 heterocycles. The molecule has 0 aromatic heterocycles. The smallest absolute Gasteiger partial charge is 0.0811 e. The van der Waals surface area contributed by atoms with E-state index in [1.807, 2.05) is 0 Å². The largest absolute Gasteiger partial charge is 0.373 e. The molecule has 1 saturated heterocycles. The second-order valence-electron chi connectivity index (χ2n) is 6.95. The van der Waals surface area contributed by atoms with Gasteiger partial charge in [0.05, 0.1) is 12.2 Å². The van der Waals surface area contributed by atoms with Gasteiger partial charge in [-0.15, -0.1) is 0 Å². The van der Waals surface area contributed by atoms with E-state index in [-0.39, 0.29) is 11.0 Å². The van der Waals surface area contributed by atoms with Crippen molar-refractivity contribution in [1.29, 1.82) is 0 Å². The van der Waals surface area contributed by atoms with Gasteiger partial charge in [0.2, 0.25) is 0 Å². The van der Waals surface area contributed by atoms with E-state index in [1.165, 1.54) is 25.8 Å². The molecule has 2 rings (SSSR count). The molecule has 1 unspecified atom stereocenters. The van der Waals surface area contributed by atoms with Crippen LogP contribution in [0, 0.1) is 5.41 Å². The normalized spacial score (nSPS) is 28.9. The van der Waals surface area contributed by atoms with Crippen LogP contribution in [0.25, 0.3) is 0 Å². The molecule has 1 atom stereocenters. The van der Waals surface area contributed by atoms with Crippen LogP contribution in [0.15, 0.2) is 25.1 Å². The van der Waals surface area contributed by atoms with Crippen molar-refractivity contribution in [3.05, 3.63) is 25.1 Å². The molecule has 3 heteroatoms. The summed E-state index contributed by atoms with van der Waals surface area (Å²) in [7, 11) is 0. The fourth-order valence-corrected chi connectivity index (χ4v) is 3.16. The van der Waals surface area contributed by atoms with Gasteiger partial charge in [0.1, 0.15) is 0 Å². The molecule has 1 spiro atoms. The number of hydrogen-bond acceptors (Lipinski definition) is 3. The van der Waals surface area contributed by atoms with Crippen LogP contribution in [0.2, 0.25) is 0 Å². The molecular formula is C17H30N2O. The van der Waals surface area contributed by atoms with Crippen molar-refractivity contribution in [2.24, 2.45) is 5.41 Å². The predicted molar refractivity (Wildman–Crippen MR) is 84.5 cm³/mol. The highest BCUT2D eigenvalue weighted by atomic mass is 16.5. The molecule has 0 aromatic carbocycles. The van der Waals surface area contributed by atoms with E-state index in [0.29, 0.717) is 0 Å². The zero-order valence-electron chi connectivity index (χ0n) is 13.2. The zero-order valence-corrected chi connectivity index (χ0v) is 13.2. The molecule has 3 nitrogen and oxygen atoms in total. The maximum Gasteiger partial charge on any atom is 0.0811 e. The first kappa shape index (κ1) is 15.6. The SMILES string of the molecule is C=CNC(=C)CCC1(C)COC2(CC2)CN(CCC)C1. The Bertz CT molecular complexity index is 362. The maximum atomic E-state index is 6.27. The minimum Gasteiger partial charge on any atom is -0.373 e. The van der Waals surface area contributed by atoms with E-state index < -0.39 is 0 Å². The van der Waals surface area contributed by atoms with E-state index in [2.05, 4.69) is 37.2 Å². The Morgan fingerprint density at radius 2 is 2.15 bits per heavy atom. The molecule has 1 saturated carbocycles. The lowest BCUT2D eigenvalue weighted by molar-refractivity contribution is 0.000870. The molecule has 114 valence electrons. The van der Waals surface area contributed by atoms with Crippen molar-refractivity contribution in [1.82, 2.24) is 10.2 Å². The minimum absolute atomic E-state index is 0.198. The first-order valence-corrected chi connectivity index (χ1v) is 7.92. The summed E-state index contributed by atoms with van der Waals surface area (Å²) >= 11 is 0. The Balaban J connectivity index is 1.94. The Kier molecular flexibility index (Phi) is 4.92. The molecule has 0 bridgehead atoms. The van der Waals surface area contributed by atoms with Gasteiger partial charge in [-0.2, -0.15) is 0 Å². The van der Waals surface area contributed by atoms with E-state index in [9.17, 15) is 0 Å². The summed E-state index contributed by atoms with van der Waals surface area (Å²) in [5, 5.41) is 3.10. The first-order valence-electron chi connectivity index (χ1n) is 7.92. The molecule has 20 heavy (non-hydrogen) atoms. The Labute approximate surface area is 124 Å². The van der Waals surface area contributed by atoms with Gasteiger partial charge in [0.25, 0.3) is 0 Å². The van der Waals surface area contributed by atoms with Crippen LogP contribution in [0.4, 0.5) is 0 Å². The Morgan fingerprint density at radius 1 is 1.40 bits per heavy atom. The Morgan fingerprint density at radius 3 is 2.75 bits per heavy atom. The van der Waals surface area contributed by atoms with Crippen LogP contribution in [0.3, 0.4) is 0 Å². The van der Waals surface area contributed by atoms with Gasteiger partial charge < -0.3 is 10.1 Å². The van der Waals surface area contributed by atoms with Gasteiger partial charge >= 0.3 is 0 Å². The average Bonchev–Trinajstić information content (AvgIpc) is 3.17. The quantitative estimate of drug-likeness (QED) is 0.773. The number of ether oxygens (including phenoxy) is 1. The maximum absolute atomic E-state index is 6.27. The van der Waals surface area contributed by atoms with Gasteiger partial charge in [-0.05, 0) is 44.8 Å². The number of rotatable bonds is 7. The highest BCUT2D eigenvalue weighted by Gasteiger charge is 2.49. The third-order valence-electron chi connectivity index (χ3n) is 4.53. The van der Waals surface area contributed by atoms with Crippen LogP contribution >= 0.6 is 0 Å². The number of nitrogens with zero attached hydrogens (tertiary/aromatic N) is 1. The predicted octanol–water partition coefficient (Wildman–Crippen LogP) is 3.29. The average molecular weight is 278 g/mol. The fourth-order valence-electron chi connectivity index (χ4n) is 3.16. The number of nitrogens with one attached hydrogen (secondary N) is 1. The van der Waals surface area contributed by atoms with Crippen LogP contribution in [-0.4, -0.2) is 36.7 Å². The van der Waals surface area contributed by atoms with E-state index in [4.69, 9.17) is 4.74 Å². The highest BCUT2D eigenvalue weighted by molar-refractivity contribution is 5.03. The molecule has 1 aliphatic carbocycles. The van der Waals surface area contributed by atoms with Crippen molar-refractivity contribution in [2.75, 3.05) is 26.2 Å². The summed E-state index contributed by atoms with van der Waals surface area (Å²) in [6.45, 7) is 16.7. The molecule has 0 aromatic rings. The lowest BCUT2D eigenvalue weighted by Gasteiger charge is -2.32. The molecule has 1 N–H and O–H groups in total. The lowest BCUT2D eigenvalue weighted by atomic mass is 9.85. The third kappa shape index (κ3) is 4.10. The third-order valence-corrected chi connectivity index (χ3v) is 4.53. The van der Waals surface area contributed by atoms with Gasteiger partial charge in [0.15, 0.2) is 0 Å². The molecule has 0 radical (unpaired) electrons. The molecular weight excluding hydrogens is 248 g/mol. The van der Waals surface area contributed by atoms with Crippen LogP contribution in [-0.2, 0) is 4.74 Å². The van der Waals surface area contributed by atoms with Crippen LogP contribution in [0.5, 0.6) is 0 Å². The second kappa shape index (κ2) is 6.31. The topological polar surface area (TPSA) is 24.5 Å². The highest BCUT2D eigenvalue weighted by Crippen LogP contribution is 2.44. The summed E-state index contributed by atoms with van der Waals surface area (Å²) in [6.07, 6.45) is 7.51. The lowest BCUT2D eigenvalue weighted by Crippen LogP contribution is -2.38. The number of hydrogen-bond donors (Lipinski definition) is 1. The van der Waals surface area contributed by atoms with Gasteiger partial charge in [-0.1, -0.05) is 27.0 Å². The summed E-state index contributed by atoms with van der Waals surface area (Å²) in [4.78, 5) is 2.61. The number of allylic oxidation sites excluding steroid dienone is 1. The van der Waals surface area contributed by atoms with Crippen molar-refractivity contribution in [3.8, 4) is 0 Å². The summed E-state index contributed by atoms with van der Waals surface area (Å²) in [6, 6.07) is 0. The van der Waals surface area contributed by atoms with Gasteiger partial charge in [-0.3, -0.25) is 4.90 Å². The first-order chi connectivity index (χ1) is 9.51. The van der Waals surface area contributed by atoms with Crippen molar-refractivity contribution in [3.63, 3.8) is 0 Å². The van der Waals surface area contributed by atoms with E-state index >= 15 is 0 Å². The standard InChI is InChI=1S/C17H30N2O/c1-5-11-19-12-16(4,8-7-15(3)18-6-2)14-20-17(13-19)9-10-17/h6,18H,2-3,5,7-14H2,1,4H3. The molecule has 2 fully saturated rings. The van der Waals surface area contributed by atoms with Crippen molar-refractivity contribution in [2.45, 2.75) is 51.6 Å². The van der Waals surface area contributed by atoms with E-state index in [1.54, 1.807) is 6.20 Å². The summed E-state index contributed by atoms with van der Waals surface area (Å²) < 4.78 is 6.27. The van der Waals surface area contributed by atoms with Gasteiger partial charge in [-0.25, -0.2) is 0 Å². The minimum atomic E-state index is 0.198. The van der Waals surface area contributed by atoms with Crippen molar-refractivity contribution >= 4 is 0 Å². The van der Waals surface area contributed by atoms with Crippen molar-refractivity contribution < 1.29 is 4.74 Å². The van der Waals surface area contributed by atoms with Crippen LogP contribution < -0.4 is 5.32 Å². The summed E-state index contributed by atoms with van der Waals surface area (Å²) in [5.74, 6) is 0. The van der Waals surface area contributed by atoms with Crippen LogP contribution in [0.1, 0.15) is 46.0 Å². The Hall–Kier alpha value is -0.800. The summed E-state index contributed by atoms with van der Waals surface area (Å²) in [5.41, 5.74) is 1.48. The molecule has 1 aliphatic heterocycles. The second-order valence-corrected chi connectivity index (χ2v) is 6.95. The van der Waals surface area contributed by atoms with Gasteiger partial charge in [0, 0.05) is 24.2 Å². The molecule has 0 amide bonds. The zero-order chi connectivity index (χ0) is 14.6. The fraction of sp³-hybridized carbons (Fsp3) is 0.765. The molecule has 2 aliphatic rings. The monoisotopic (exact) mass is 278 g/mol. The van der Waals surface area contributed by atoms with E-state index in [0.717, 1.165) is 38.2 Å².